The molecule has 0 aliphatic carbocycles. The Morgan fingerprint density at radius 1 is 1.07 bits per heavy atom. The van der Waals surface area contributed by atoms with Crippen molar-refractivity contribution in [2.75, 3.05) is 24.7 Å². The molecule has 2 saturated heterocycles. The summed E-state index contributed by atoms with van der Waals surface area (Å²) < 4.78 is 10.9. The third kappa shape index (κ3) is 14.8. The molecule has 4 unspecified atom stereocenters. The zero-order valence-corrected chi connectivity index (χ0v) is 26.2. The molecule has 4 heterocycles. The van der Waals surface area contributed by atoms with Gasteiger partial charge in [-0.25, -0.2) is 15.0 Å². The highest BCUT2D eigenvalue weighted by molar-refractivity contribution is 5.62. The van der Waals surface area contributed by atoms with Gasteiger partial charge in [-0.3, -0.25) is 14.8 Å². The van der Waals surface area contributed by atoms with Gasteiger partial charge < -0.3 is 30.9 Å². The van der Waals surface area contributed by atoms with Gasteiger partial charge >= 0.3 is 0 Å². The average Bonchev–Trinajstić information content (AvgIpc) is 3.58. The molecule has 0 radical (unpaired) electrons. The van der Waals surface area contributed by atoms with Crippen LogP contribution in [0.3, 0.4) is 0 Å². The maximum Gasteiger partial charge on any atom is 0.278 e. The van der Waals surface area contributed by atoms with Crippen LogP contribution in [0.1, 0.15) is 83.2 Å². The van der Waals surface area contributed by atoms with E-state index in [2.05, 4.69) is 42.0 Å². The van der Waals surface area contributed by atoms with Gasteiger partial charge in [0.15, 0.2) is 5.34 Å². The summed E-state index contributed by atoms with van der Waals surface area (Å²) >= 11 is 0. The number of allylic oxidation sites excluding steroid dienone is 1. The molecule has 0 aromatic carbocycles. The number of anilines is 2. The smallest absolute Gasteiger partial charge is 0.278 e. The van der Waals surface area contributed by atoms with Crippen molar-refractivity contribution in [3.63, 3.8) is 0 Å². The standard InChI is InChI=1S/C8H11N3.C8H16O2.C7H10N4O.C6H11NO3/c1-3-4-7-6(2)10-5-11-8(7)9;1-7-4-5-8(10-7)3-2-6-9;1-3-9-5-4(2)10-7(8)11-6(5)12;1-5-2-3-6(10-5)4-9-7-8/h3-5H,1-2H3,(H2,9,10,11);7-9H,2-6H2,1H3;3H,1-2H3,(H3,8,10,11,12);5-6H,2-4H2,1H3/b4-3-;;;. The molecule has 14 nitrogen and oxygen atoms in total. The maximum absolute atomic E-state index is 11.2. The quantitative estimate of drug-likeness (QED) is 0.189. The SMILES string of the molecule is C/C=C\c1c(C)ncnc1N.CC1CCC(CCCO)O1.CC1CCC(CON=O)O1.CC=Nc1c(C)nc(N)[nH]c1=O. The van der Waals surface area contributed by atoms with Gasteiger partial charge in [0.25, 0.3) is 5.56 Å². The Kier molecular flexibility index (Phi) is 18.2. The number of nitrogens with one attached hydrogen (secondary N) is 1. The summed E-state index contributed by atoms with van der Waals surface area (Å²) in [5.41, 5.74) is 13.3. The molecule has 0 bridgehead atoms. The van der Waals surface area contributed by atoms with E-state index >= 15 is 0 Å². The lowest BCUT2D eigenvalue weighted by Gasteiger charge is -2.08. The van der Waals surface area contributed by atoms with E-state index in [9.17, 15) is 9.70 Å². The summed E-state index contributed by atoms with van der Waals surface area (Å²) in [7, 11) is 0. The highest BCUT2D eigenvalue weighted by atomic mass is 16.7. The fourth-order valence-corrected chi connectivity index (χ4v) is 4.30. The summed E-state index contributed by atoms with van der Waals surface area (Å²) in [4.78, 5) is 43.0. The molecular formula is C29H48N8O6. The second-order valence-corrected chi connectivity index (χ2v) is 10.1. The van der Waals surface area contributed by atoms with Crippen molar-refractivity contribution in [1.29, 1.82) is 0 Å². The number of aromatic amines is 1. The van der Waals surface area contributed by atoms with Gasteiger partial charge in [0, 0.05) is 18.4 Å². The zero-order chi connectivity index (χ0) is 32.2. The second-order valence-electron chi connectivity index (χ2n) is 10.1. The van der Waals surface area contributed by atoms with E-state index in [0.29, 0.717) is 48.7 Å². The van der Waals surface area contributed by atoms with E-state index in [1.54, 1.807) is 13.8 Å². The fourth-order valence-electron chi connectivity index (χ4n) is 4.30. The summed E-state index contributed by atoms with van der Waals surface area (Å²) in [6.07, 6.45) is 14.4. The summed E-state index contributed by atoms with van der Waals surface area (Å²) in [5.74, 6) is 0.656. The van der Waals surface area contributed by atoms with Crippen LogP contribution in [0, 0.1) is 18.8 Å². The van der Waals surface area contributed by atoms with Crippen LogP contribution in [0.5, 0.6) is 0 Å². The van der Waals surface area contributed by atoms with E-state index in [1.165, 1.54) is 25.4 Å². The van der Waals surface area contributed by atoms with Gasteiger partial charge in [-0.2, -0.15) is 0 Å². The van der Waals surface area contributed by atoms with E-state index in [1.807, 2.05) is 32.9 Å². The number of rotatable bonds is 8. The average molecular weight is 605 g/mol. The topological polar surface area (TPSA) is 213 Å². The predicted octanol–water partition coefficient (Wildman–Crippen LogP) is 4.36. The Bertz CT molecular complexity index is 1190. The first-order valence-corrected chi connectivity index (χ1v) is 14.5. The molecule has 2 aromatic rings. The van der Waals surface area contributed by atoms with Crippen molar-refractivity contribution >= 4 is 29.7 Å². The van der Waals surface area contributed by atoms with E-state index in [-0.39, 0.29) is 17.6 Å². The fraction of sp³-hybridized carbons (Fsp3) is 0.621. The Balaban J connectivity index is 0.000000287. The Labute approximate surface area is 253 Å². The molecule has 4 rings (SSSR count). The van der Waals surface area contributed by atoms with Crippen molar-refractivity contribution in [2.24, 2.45) is 10.3 Å². The van der Waals surface area contributed by atoms with E-state index < -0.39 is 0 Å². The van der Waals surface area contributed by atoms with Crippen molar-refractivity contribution in [3.8, 4) is 0 Å². The highest BCUT2D eigenvalue weighted by Crippen LogP contribution is 2.22. The number of nitrogens with two attached hydrogens (primary N) is 2. The third-order valence-electron chi connectivity index (χ3n) is 6.43. The molecule has 14 heteroatoms. The lowest BCUT2D eigenvalue weighted by atomic mass is 10.1. The molecule has 43 heavy (non-hydrogen) atoms. The Hall–Kier alpha value is -3.75. The maximum atomic E-state index is 11.2. The molecule has 2 fully saturated rings. The number of aryl methyl sites for hydroxylation is 2. The minimum atomic E-state index is -0.307. The number of nitrogen functional groups attached to an aromatic ring is 2. The first kappa shape index (κ1) is 37.3. The number of aromatic nitrogens is 4. The molecule has 0 amide bonds. The molecule has 0 saturated carbocycles. The van der Waals surface area contributed by atoms with Gasteiger partial charge in [-0.1, -0.05) is 12.2 Å². The zero-order valence-electron chi connectivity index (χ0n) is 26.2. The van der Waals surface area contributed by atoms with Crippen molar-refractivity contribution in [2.45, 2.75) is 104 Å². The van der Waals surface area contributed by atoms with Crippen LogP contribution >= 0.6 is 0 Å². The normalized spacial score (nSPS) is 20.9. The van der Waals surface area contributed by atoms with Crippen molar-refractivity contribution in [3.05, 3.63) is 44.6 Å². The lowest BCUT2D eigenvalue weighted by Crippen LogP contribution is -2.13. The number of aliphatic imine (C=N–C) groups is 1. The van der Waals surface area contributed by atoms with Gasteiger partial charge in [-0.05, 0) is 80.1 Å². The second kappa shape index (κ2) is 21.0. The molecule has 4 atom stereocenters. The summed E-state index contributed by atoms with van der Waals surface area (Å²) in [5, 5.41) is 10.8. The molecule has 2 aliphatic heterocycles. The van der Waals surface area contributed by atoms with E-state index in [0.717, 1.165) is 36.9 Å². The number of nitrogens with zero attached hydrogens (tertiary/aromatic N) is 5. The minimum Gasteiger partial charge on any atom is -0.396 e. The number of hydrogen-bond donors (Lipinski definition) is 4. The first-order valence-electron chi connectivity index (χ1n) is 14.5. The predicted molar refractivity (Wildman–Crippen MR) is 169 cm³/mol. The van der Waals surface area contributed by atoms with E-state index in [4.69, 9.17) is 26.0 Å². The minimum absolute atomic E-state index is 0.0766. The van der Waals surface area contributed by atoms with Crippen molar-refractivity contribution < 1.29 is 19.4 Å². The van der Waals surface area contributed by atoms with Gasteiger partial charge in [0.05, 0.1) is 35.8 Å². The molecule has 2 aliphatic rings. The number of aliphatic hydroxyl groups excluding tert-OH is 1. The van der Waals surface area contributed by atoms with Gasteiger partial charge in [-0.15, -0.1) is 4.91 Å². The lowest BCUT2D eigenvalue weighted by molar-refractivity contribution is -0.00894. The van der Waals surface area contributed by atoms with Gasteiger partial charge in [0.2, 0.25) is 5.95 Å². The van der Waals surface area contributed by atoms with Gasteiger partial charge in [0.1, 0.15) is 24.4 Å². The van der Waals surface area contributed by atoms with Crippen molar-refractivity contribution in [1.82, 2.24) is 19.9 Å². The van der Waals surface area contributed by atoms with Crippen LogP contribution < -0.4 is 17.0 Å². The summed E-state index contributed by atoms with van der Waals surface area (Å²) in [6, 6.07) is 0. The van der Waals surface area contributed by atoms with Crippen LogP contribution in [0.15, 0.2) is 27.5 Å². The number of ether oxygens (including phenoxy) is 2. The first-order chi connectivity index (χ1) is 20.6. The monoisotopic (exact) mass is 604 g/mol. The molecule has 6 N–H and O–H groups in total. The van der Waals surface area contributed by atoms with Crippen LogP contribution in [0.4, 0.5) is 17.5 Å². The van der Waals surface area contributed by atoms with Crippen LogP contribution in [-0.4, -0.2) is 68.9 Å². The molecule has 0 spiro atoms. The van der Waals surface area contributed by atoms with Crippen LogP contribution in [0.25, 0.3) is 6.08 Å². The Morgan fingerprint density at radius 2 is 1.72 bits per heavy atom. The number of H-pyrrole nitrogens is 1. The largest absolute Gasteiger partial charge is 0.396 e. The molecule has 2 aromatic heterocycles. The molecule has 240 valence electrons. The summed E-state index contributed by atoms with van der Waals surface area (Å²) in [6.45, 7) is 12.0. The Morgan fingerprint density at radius 3 is 2.21 bits per heavy atom. The number of aliphatic hydroxyl groups is 1. The third-order valence-corrected chi connectivity index (χ3v) is 6.43. The van der Waals surface area contributed by atoms with Crippen LogP contribution in [-0.2, 0) is 14.3 Å². The number of hydrogen-bond acceptors (Lipinski definition) is 13. The molecular weight excluding hydrogens is 556 g/mol. The van der Waals surface area contributed by atoms with Crippen LogP contribution in [0.2, 0.25) is 0 Å². The highest BCUT2D eigenvalue weighted by Gasteiger charge is 2.22.